The van der Waals surface area contributed by atoms with E-state index in [-0.39, 0.29) is 16.8 Å². The van der Waals surface area contributed by atoms with Gasteiger partial charge in [-0.3, -0.25) is 4.79 Å². The van der Waals surface area contributed by atoms with E-state index in [4.69, 9.17) is 5.73 Å². The first-order chi connectivity index (χ1) is 9.76. The lowest BCUT2D eigenvalue weighted by atomic mass is 10.1. The van der Waals surface area contributed by atoms with Crippen LogP contribution in [0.1, 0.15) is 31.7 Å². The van der Waals surface area contributed by atoms with Crippen LogP contribution in [0.4, 0.5) is 5.69 Å². The van der Waals surface area contributed by atoms with Crippen LogP contribution in [0, 0.1) is 6.92 Å². The molecule has 0 bridgehead atoms. The molecule has 118 valence electrons. The molecule has 1 amide bonds. The Balaban J connectivity index is 2.77. The highest BCUT2D eigenvalue weighted by molar-refractivity contribution is 7.89. The minimum atomic E-state index is -3.53. The first-order valence-electron chi connectivity index (χ1n) is 6.86. The molecular formula is C14H23N3O3S. The number of hydrogen-bond acceptors (Lipinski definition) is 4. The van der Waals surface area contributed by atoms with Crippen LogP contribution in [0.15, 0.2) is 23.1 Å². The first-order valence-corrected chi connectivity index (χ1v) is 8.34. The van der Waals surface area contributed by atoms with Gasteiger partial charge in [0.15, 0.2) is 0 Å². The van der Waals surface area contributed by atoms with Crippen molar-refractivity contribution in [2.24, 2.45) is 5.73 Å². The fourth-order valence-electron chi connectivity index (χ4n) is 1.89. The number of anilines is 1. The Kier molecular flexibility index (Phi) is 6.32. The Hall–Kier alpha value is -1.44. The lowest BCUT2D eigenvalue weighted by Crippen LogP contribution is -2.20. The maximum Gasteiger partial charge on any atom is 0.240 e. The molecule has 1 rings (SSSR count). The van der Waals surface area contributed by atoms with Crippen LogP contribution >= 0.6 is 0 Å². The molecule has 6 nitrogen and oxygen atoms in total. The third-order valence-electron chi connectivity index (χ3n) is 3.09. The highest BCUT2D eigenvalue weighted by Crippen LogP contribution is 2.20. The van der Waals surface area contributed by atoms with Crippen molar-refractivity contribution in [1.82, 2.24) is 4.72 Å². The Morgan fingerprint density at radius 2 is 2.05 bits per heavy atom. The Morgan fingerprint density at radius 3 is 2.62 bits per heavy atom. The first kappa shape index (κ1) is 17.6. The SMILES string of the molecule is CNS(=O)(=O)c1cc(NC(=O)CCCC(C)N)ccc1C. The van der Waals surface area contributed by atoms with Gasteiger partial charge in [-0.25, -0.2) is 13.1 Å². The Bertz CT molecular complexity index is 597. The maximum absolute atomic E-state index is 11.9. The van der Waals surface area contributed by atoms with Crippen LogP contribution in [0.3, 0.4) is 0 Å². The number of benzene rings is 1. The van der Waals surface area contributed by atoms with Crippen molar-refractivity contribution in [2.45, 2.75) is 44.0 Å². The Morgan fingerprint density at radius 1 is 1.38 bits per heavy atom. The summed E-state index contributed by atoms with van der Waals surface area (Å²) in [6.45, 7) is 3.60. The summed E-state index contributed by atoms with van der Waals surface area (Å²) in [7, 11) is -2.18. The summed E-state index contributed by atoms with van der Waals surface area (Å²) in [5.74, 6) is -0.146. The molecule has 0 aromatic heterocycles. The van der Waals surface area contributed by atoms with E-state index in [9.17, 15) is 13.2 Å². The van der Waals surface area contributed by atoms with Gasteiger partial charge in [-0.2, -0.15) is 0 Å². The van der Waals surface area contributed by atoms with Gasteiger partial charge in [0.25, 0.3) is 0 Å². The van der Waals surface area contributed by atoms with E-state index < -0.39 is 10.0 Å². The molecule has 0 heterocycles. The largest absolute Gasteiger partial charge is 0.328 e. The summed E-state index contributed by atoms with van der Waals surface area (Å²) in [5.41, 5.74) is 6.72. The number of rotatable bonds is 7. The highest BCUT2D eigenvalue weighted by atomic mass is 32.2. The summed E-state index contributed by atoms with van der Waals surface area (Å²) in [5, 5.41) is 2.71. The van der Waals surface area contributed by atoms with Crippen molar-refractivity contribution in [1.29, 1.82) is 0 Å². The van der Waals surface area contributed by atoms with Crippen molar-refractivity contribution in [2.75, 3.05) is 12.4 Å². The lowest BCUT2D eigenvalue weighted by Gasteiger charge is -2.10. The fourth-order valence-corrected chi connectivity index (χ4v) is 2.88. The van der Waals surface area contributed by atoms with E-state index in [0.29, 0.717) is 24.1 Å². The monoisotopic (exact) mass is 313 g/mol. The molecule has 4 N–H and O–H groups in total. The van der Waals surface area contributed by atoms with Crippen LogP contribution in [-0.4, -0.2) is 27.4 Å². The van der Waals surface area contributed by atoms with Gasteiger partial charge in [-0.05, 0) is 51.4 Å². The average Bonchev–Trinajstić information content (AvgIpc) is 2.40. The third kappa shape index (κ3) is 5.45. The Labute approximate surface area is 126 Å². The molecule has 0 saturated heterocycles. The molecule has 1 aromatic carbocycles. The minimum absolute atomic E-state index is 0.0737. The zero-order valence-corrected chi connectivity index (χ0v) is 13.5. The van der Waals surface area contributed by atoms with Gasteiger partial charge in [0.05, 0.1) is 4.90 Å². The van der Waals surface area contributed by atoms with Gasteiger partial charge in [-0.1, -0.05) is 6.07 Å². The maximum atomic E-state index is 11.9. The van der Waals surface area contributed by atoms with E-state index in [2.05, 4.69) is 10.0 Å². The van der Waals surface area contributed by atoms with Crippen LogP contribution in [-0.2, 0) is 14.8 Å². The predicted molar refractivity (Wildman–Crippen MR) is 83.6 cm³/mol. The van der Waals surface area contributed by atoms with Gasteiger partial charge in [0, 0.05) is 18.2 Å². The molecule has 0 aliphatic rings. The molecular weight excluding hydrogens is 290 g/mol. The second-order valence-electron chi connectivity index (χ2n) is 5.11. The summed E-state index contributed by atoms with van der Waals surface area (Å²) in [4.78, 5) is 12.0. The molecule has 0 fully saturated rings. The summed E-state index contributed by atoms with van der Waals surface area (Å²) in [6, 6.07) is 4.89. The number of carbonyl (C=O) groups excluding carboxylic acids is 1. The molecule has 0 aliphatic heterocycles. The van der Waals surface area contributed by atoms with E-state index >= 15 is 0 Å². The summed E-state index contributed by atoms with van der Waals surface area (Å²) < 4.78 is 26.0. The zero-order valence-electron chi connectivity index (χ0n) is 12.6. The minimum Gasteiger partial charge on any atom is -0.328 e. The molecule has 1 aromatic rings. The van der Waals surface area contributed by atoms with Gasteiger partial charge >= 0.3 is 0 Å². The van der Waals surface area contributed by atoms with Gasteiger partial charge in [-0.15, -0.1) is 0 Å². The van der Waals surface area contributed by atoms with Crippen LogP contribution in [0.2, 0.25) is 0 Å². The highest BCUT2D eigenvalue weighted by Gasteiger charge is 2.15. The number of amides is 1. The standard InChI is InChI=1S/C14H23N3O3S/c1-10-7-8-12(9-13(10)21(19,20)16-3)17-14(18)6-4-5-11(2)15/h7-9,11,16H,4-6,15H2,1-3H3,(H,17,18). The van der Waals surface area contributed by atoms with Crippen molar-refractivity contribution in [3.63, 3.8) is 0 Å². The molecule has 21 heavy (non-hydrogen) atoms. The van der Waals surface area contributed by atoms with E-state index in [1.54, 1.807) is 19.1 Å². The van der Waals surface area contributed by atoms with Crippen LogP contribution in [0.25, 0.3) is 0 Å². The van der Waals surface area contributed by atoms with Gasteiger partial charge in [0.1, 0.15) is 0 Å². The molecule has 0 aliphatic carbocycles. The zero-order chi connectivity index (χ0) is 16.0. The molecule has 0 radical (unpaired) electrons. The summed E-state index contributed by atoms with van der Waals surface area (Å²) in [6.07, 6.45) is 1.85. The summed E-state index contributed by atoms with van der Waals surface area (Å²) >= 11 is 0. The van der Waals surface area contributed by atoms with Crippen molar-refractivity contribution >= 4 is 21.6 Å². The molecule has 1 unspecified atom stereocenters. The normalized spacial score (nSPS) is 13.0. The van der Waals surface area contributed by atoms with Gasteiger partial charge in [0.2, 0.25) is 15.9 Å². The number of sulfonamides is 1. The number of hydrogen-bond donors (Lipinski definition) is 3. The van der Waals surface area contributed by atoms with Crippen molar-refractivity contribution in [3.05, 3.63) is 23.8 Å². The van der Waals surface area contributed by atoms with E-state index in [1.165, 1.54) is 13.1 Å². The van der Waals surface area contributed by atoms with Crippen LogP contribution in [0.5, 0.6) is 0 Å². The number of nitrogens with two attached hydrogens (primary N) is 1. The molecule has 0 saturated carbocycles. The molecule has 7 heteroatoms. The topological polar surface area (TPSA) is 101 Å². The number of carbonyl (C=O) groups is 1. The number of nitrogens with one attached hydrogen (secondary N) is 2. The fraction of sp³-hybridized carbons (Fsp3) is 0.500. The van der Waals surface area contributed by atoms with Gasteiger partial charge < -0.3 is 11.1 Å². The van der Waals surface area contributed by atoms with Crippen molar-refractivity contribution in [3.8, 4) is 0 Å². The predicted octanol–water partition coefficient (Wildman–Crippen LogP) is 1.36. The van der Waals surface area contributed by atoms with Crippen molar-refractivity contribution < 1.29 is 13.2 Å². The second kappa shape index (κ2) is 7.53. The molecule has 0 spiro atoms. The smallest absolute Gasteiger partial charge is 0.240 e. The quantitative estimate of drug-likeness (QED) is 0.707. The third-order valence-corrected chi connectivity index (χ3v) is 4.65. The van der Waals surface area contributed by atoms with Crippen LogP contribution < -0.4 is 15.8 Å². The average molecular weight is 313 g/mol. The van der Waals surface area contributed by atoms with E-state index in [0.717, 1.165) is 6.42 Å². The second-order valence-corrected chi connectivity index (χ2v) is 6.96. The lowest BCUT2D eigenvalue weighted by molar-refractivity contribution is -0.116. The number of aryl methyl sites for hydroxylation is 1. The molecule has 1 atom stereocenters. The van der Waals surface area contributed by atoms with E-state index in [1.807, 2.05) is 6.92 Å².